The first-order valence-electron chi connectivity index (χ1n) is 22.7. The quantitative estimate of drug-likeness (QED) is 0.174. The van der Waals surface area contributed by atoms with Crippen LogP contribution in [0.15, 0.2) is 85.1 Å². The van der Waals surface area contributed by atoms with Crippen LogP contribution in [0.5, 0.6) is 0 Å². The van der Waals surface area contributed by atoms with E-state index in [-0.39, 0.29) is 31.6 Å². The molecule has 19 atom stereocenters. The fourth-order valence-corrected chi connectivity index (χ4v) is 8.09. The third-order valence-corrected chi connectivity index (χ3v) is 12.2. The Labute approximate surface area is 387 Å². The molecule has 2 saturated heterocycles. The molecular formula is C48H75NO17. The van der Waals surface area contributed by atoms with Crippen LogP contribution < -0.4 is 5.73 Å². The van der Waals surface area contributed by atoms with Crippen LogP contribution in [0.2, 0.25) is 0 Å². The summed E-state index contributed by atoms with van der Waals surface area (Å²) in [6.07, 6.45) is 4.50. The number of esters is 2. The molecule has 66 heavy (non-hydrogen) atoms. The summed E-state index contributed by atoms with van der Waals surface area (Å²) >= 11 is 0. The Hall–Kier alpha value is -3.44. The SMILES string of the molecule is COC(=O)[C@@H]1[C@H](O)C[C@@]2(O)C[C@H](O)C[C@H](O)[C@H](O)CC[C@H](O)C[C@H](O)CC(=O)O[C@H](C)[C@H](C)[C@H](O)[C@H](C)C=CC=CC=CC=CC=CC=CC=C[C@H](O[C@@H]3O[C@H](C)[C@H](O)[C@@H](N)[C@H]3O)C[C@H]1O2. The Bertz CT molecular complexity index is 1680. The zero-order valence-electron chi connectivity index (χ0n) is 38.5. The van der Waals surface area contributed by atoms with E-state index in [0.717, 1.165) is 7.11 Å². The van der Waals surface area contributed by atoms with Crippen LogP contribution in [-0.2, 0) is 33.3 Å². The Morgan fingerprint density at radius 1 is 0.667 bits per heavy atom. The van der Waals surface area contributed by atoms with Crippen molar-refractivity contribution in [3.8, 4) is 0 Å². The highest BCUT2D eigenvalue weighted by Crippen LogP contribution is 2.38. The van der Waals surface area contributed by atoms with Crippen molar-refractivity contribution in [1.29, 1.82) is 0 Å². The maximum Gasteiger partial charge on any atom is 0.313 e. The molecular weight excluding hydrogens is 863 g/mol. The van der Waals surface area contributed by atoms with Gasteiger partial charge in [0.2, 0.25) is 0 Å². The highest BCUT2D eigenvalue weighted by molar-refractivity contribution is 5.74. The standard InChI is InChI=1S/C48H75NO17/c1-28-18-16-14-12-10-8-6-7-9-11-13-15-17-19-35(65-47-45(59)42(49)44(58)31(4)64-47)25-39-41(46(60)62-5)38(55)27-48(61,66-39)26-34(52)23-37(54)36(53)21-20-32(50)22-33(51)24-40(56)63-30(3)29(2)43(28)57/h6-19,28-39,41-45,47,50-55,57-59,61H,20-27,49H2,1-5H3/t28-,29+,30-,31-,32+,33+,34-,35+,36-,37+,38-,39-,41-,42-,43-,44+,45-,47+,48-/m1/s1. The smallest absolute Gasteiger partial charge is 0.313 e. The molecule has 18 heteroatoms. The van der Waals surface area contributed by atoms with Gasteiger partial charge in [0, 0.05) is 37.5 Å². The summed E-state index contributed by atoms with van der Waals surface area (Å²) in [5, 5.41) is 109. The van der Waals surface area contributed by atoms with E-state index in [0.29, 0.717) is 0 Å². The number of cyclic esters (lactones) is 1. The van der Waals surface area contributed by atoms with Crippen LogP contribution in [0.3, 0.4) is 0 Å². The Balaban J connectivity index is 1.88. The number of carbonyl (C=O) groups is 2. The number of aliphatic hydroxyl groups excluding tert-OH is 9. The van der Waals surface area contributed by atoms with E-state index in [1.807, 2.05) is 37.3 Å². The minimum Gasteiger partial charge on any atom is -0.469 e. The number of ether oxygens (including phenoxy) is 5. The van der Waals surface area contributed by atoms with Crippen LogP contribution in [0.4, 0.5) is 0 Å². The predicted octanol–water partition coefficient (Wildman–Crippen LogP) is 0.800. The van der Waals surface area contributed by atoms with Crippen molar-refractivity contribution in [1.82, 2.24) is 0 Å². The number of hydrogen-bond acceptors (Lipinski definition) is 18. The molecule has 3 aliphatic heterocycles. The van der Waals surface area contributed by atoms with Crippen molar-refractivity contribution in [2.75, 3.05) is 7.11 Å². The van der Waals surface area contributed by atoms with Gasteiger partial charge in [-0.1, -0.05) is 98.9 Å². The van der Waals surface area contributed by atoms with E-state index >= 15 is 0 Å². The molecule has 0 aliphatic carbocycles. The Morgan fingerprint density at radius 3 is 1.83 bits per heavy atom. The fraction of sp³-hybridized carbons (Fsp3) is 0.667. The summed E-state index contributed by atoms with van der Waals surface area (Å²) in [4.78, 5) is 25.7. The molecule has 0 radical (unpaired) electrons. The topological polar surface area (TPSA) is 309 Å². The molecule has 2 bridgehead atoms. The largest absolute Gasteiger partial charge is 0.469 e. The van der Waals surface area contributed by atoms with Gasteiger partial charge in [0.05, 0.1) is 86.7 Å². The van der Waals surface area contributed by atoms with Crippen LogP contribution >= 0.6 is 0 Å². The van der Waals surface area contributed by atoms with E-state index in [9.17, 15) is 60.7 Å². The predicted molar refractivity (Wildman–Crippen MR) is 241 cm³/mol. The summed E-state index contributed by atoms with van der Waals surface area (Å²) in [5.74, 6) is -5.93. The minimum atomic E-state index is -2.27. The minimum absolute atomic E-state index is 0.0949. The van der Waals surface area contributed by atoms with Crippen molar-refractivity contribution in [2.24, 2.45) is 23.5 Å². The second-order valence-corrected chi connectivity index (χ2v) is 17.8. The first kappa shape index (κ1) is 56.9. The molecule has 0 aromatic rings. The number of hydrogen-bond donors (Lipinski definition) is 11. The van der Waals surface area contributed by atoms with Gasteiger partial charge in [0.1, 0.15) is 18.1 Å². The second kappa shape index (κ2) is 28.1. The van der Waals surface area contributed by atoms with E-state index < -0.39 is 147 Å². The molecule has 18 nitrogen and oxygen atoms in total. The third-order valence-electron chi connectivity index (χ3n) is 12.2. The van der Waals surface area contributed by atoms with Gasteiger partial charge in [-0.2, -0.15) is 0 Å². The highest BCUT2D eigenvalue weighted by Gasteiger charge is 2.51. The maximum absolute atomic E-state index is 13.1. The molecule has 0 aromatic heterocycles. The molecule has 0 spiro atoms. The van der Waals surface area contributed by atoms with Gasteiger partial charge in [-0.05, 0) is 33.1 Å². The summed E-state index contributed by atoms with van der Waals surface area (Å²) in [6, 6.07) is -1.13. The van der Waals surface area contributed by atoms with Crippen molar-refractivity contribution in [2.45, 2.75) is 177 Å². The Kier molecular flexibility index (Phi) is 24.3. The van der Waals surface area contributed by atoms with Gasteiger partial charge in [0.25, 0.3) is 0 Å². The van der Waals surface area contributed by atoms with Crippen LogP contribution in [-0.4, -0.2) is 168 Å². The van der Waals surface area contributed by atoms with Crippen molar-refractivity contribution < 1.29 is 84.3 Å². The van der Waals surface area contributed by atoms with Gasteiger partial charge in [0.15, 0.2) is 12.1 Å². The zero-order valence-corrected chi connectivity index (χ0v) is 38.5. The van der Waals surface area contributed by atoms with E-state index in [1.165, 1.54) is 0 Å². The zero-order chi connectivity index (χ0) is 49.1. The van der Waals surface area contributed by atoms with Crippen LogP contribution in [0.1, 0.15) is 79.1 Å². The number of carbonyl (C=O) groups excluding carboxylic acids is 2. The molecule has 0 saturated carbocycles. The van der Waals surface area contributed by atoms with Gasteiger partial charge in [-0.15, -0.1) is 0 Å². The third kappa shape index (κ3) is 18.6. The highest BCUT2D eigenvalue weighted by atomic mass is 16.7. The van der Waals surface area contributed by atoms with E-state index in [1.54, 1.807) is 75.5 Å². The average molecular weight is 938 g/mol. The first-order valence-corrected chi connectivity index (χ1v) is 22.7. The lowest BCUT2D eigenvalue weighted by Gasteiger charge is -2.45. The van der Waals surface area contributed by atoms with Crippen molar-refractivity contribution >= 4 is 11.9 Å². The van der Waals surface area contributed by atoms with Crippen LogP contribution in [0.25, 0.3) is 0 Å². The van der Waals surface area contributed by atoms with E-state index in [4.69, 9.17) is 29.4 Å². The van der Waals surface area contributed by atoms with Crippen molar-refractivity contribution in [3.05, 3.63) is 85.1 Å². The summed E-state index contributed by atoms with van der Waals surface area (Å²) < 4.78 is 28.4. The van der Waals surface area contributed by atoms with Gasteiger partial charge >= 0.3 is 11.9 Å². The average Bonchev–Trinajstić information content (AvgIpc) is 3.24. The lowest BCUT2D eigenvalue weighted by Crippen LogP contribution is -2.61. The lowest BCUT2D eigenvalue weighted by molar-refractivity contribution is -0.308. The van der Waals surface area contributed by atoms with Crippen LogP contribution in [0, 0.1) is 17.8 Å². The first-order chi connectivity index (χ1) is 31.2. The number of rotatable bonds is 3. The monoisotopic (exact) mass is 938 g/mol. The fourth-order valence-electron chi connectivity index (χ4n) is 8.09. The molecule has 3 rings (SSSR count). The number of fused-ring (bicyclic) bond motifs is 2. The number of methoxy groups -OCH3 is 1. The molecule has 0 aromatic carbocycles. The number of allylic oxidation sites excluding steroid dienone is 12. The Morgan fingerprint density at radius 2 is 1.24 bits per heavy atom. The van der Waals surface area contributed by atoms with Gasteiger partial charge < -0.3 is 80.5 Å². The molecule has 3 aliphatic rings. The summed E-state index contributed by atoms with van der Waals surface area (Å²) in [7, 11) is 1.12. The molecule has 0 unspecified atom stereocenters. The van der Waals surface area contributed by atoms with E-state index in [2.05, 4.69) is 0 Å². The lowest BCUT2D eigenvalue weighted by atomic mass is 9.82. The van der Waals surface area contributed by atoms with Crippen molar-refractivity contribution in [3.63, 3.8) is 0 Å². The molecule has 3 heterocycles. The maximum atomic E-state index is 13.1. The molecule has 12 N–H and O–H groups in total. The number of aliphatic hydroxyl groups is 10. The molecule has 2 fully saturated rings. The molecule has 0 amide bonds. The second-order valence-electron chi connectivity index (χ2n) is 17.8. The van der Waals surface area contributed by atoms with Gasteiger partial charge in [-0.25, -0.2) is 0 Å². The molecule has 374 valence electrons. The van der Waals surface area contributed by atoms with Gasteiger partial charge in [-0.3, -0.25) is 9.59 Å². The normalized spacial score (nSPS) is 41.5. The summed E-state index contributed by atoms with van der Waals surface area (Å²) in [6.45, 7) is 6.78. The number of nitrogens with two attached hydrogens (primary N) is 1. The summed E-state index contributed by atoms with van der Waals surface area (Å²) in [5.41, 5.74) is 6.05.